The molecule has 0 aliphatic carbocycles. The van der Waals surface area contributed by atoms with Crippen LogP contribution in [0.3, 0.4) is 0 Å². The van der Waals surface area contributed by atoms with E-state index in [1.165, 1.54) is 11.8 Å². The van der Waals surface area contributed by atoms with Gasteiger partial charge < -0.3 is 4.74 Å². The van der Waals surface area contributed by atoms with E-state index in [1.807, 2.05) is 38.1 Å². The highest BCUT2D eigenvalue weighted by Crippen LogP contribution is 2.25. The maximum absolute atomic E-state index is 11.5. The summed E-state index contributed by atoms with van der Waals surface area (Å²) in [7, 11) is 0. The first-order valence-electron chi connectivity index (χ1n) is 5.22. The van der Waals surface area contributed by atoms with E-state index < -0.39 is 0 Å². The maximum Gasteiger partial charge on any atom is 0.319 e. The molecule has 2 nitrogen and oxygen atoms in total. The van der Waals surface area contributed by atoms with Gasteiger partial charge in [0.15, 0.2) is 0 Å². The molecule has 1 aromatic rings. The van der Waals surface area contributed by atoms with Gasteiger partial charge in [-0.1, -0.05) is 18.5 Å². The molecule has 1 atom stereocenters. The summed E-state index contributed by atoms with van der Waals surface area (Å²) < 4.78 is 5.06. The normalized spacial score (nSPS) is 12.2. The van der Waals surface area contributed by atoms with Crippen molar-refractivity contribution in [3.05, 3.63) is 29.3 Å². The number of thioether (sulfide) groups is 1. The van der Waals surface area contributed by atoms with Gasteiger partial charge in [-0.15, -0.1) is 11.8 Å². The van der Waals surface area contributed by atoms with Gasteiger partial charge in [0.05, 0.1) is 6.61 Å². The first kappa shape index (κ1) is 13.4. The Bertz CT molecular complexity index is 337. The molecule has 0 spiro atoms. The minimum absolute atomic E-state index is 0.165. The molecule has 0 saturated carbocycles. The molecular formula is C12H15ClO2S. The molecule has 88 valence electrons. The zero-order valence-corrected chi connectivity index (χ0v) is 11.0. The smallest absolute Gasteiger partial charge is 0.319 e. The van der Waals surface area contributed by atoms with Crippen LogP contribution in [0.1, 0.15) is 20.3 Å². The molecule has 16 heavy (non-hydrogen) atoms. The second-order valence-corrected chi connectivity index (χ2v) is 5.23. The van der Waals surface area contributed by atoms with Gasteiger partial charge in [-0.2, -0.15) is 0 Å². The van der Waals surface area contributed by atoms with Crippen LogP contribution in [0.25, 0.3) is 0 Å². The highest BCUT2D eigenvalue weighted by Gasteiger charge is 2.15. The van der Waals surface area contributed by atoms with Crippen molar-refractivity contribution in [2.45, 2.75) is 30.4 Å². The average molecular weight is 259 g/mol. The van der Waals surface area contributed by atoms with E-state index in [1.54, 1.807) is 0 Å². The predicted octanol–water partition coefficient (Wildman–Crippen LogP) is 3.77. The Morgan fingerprint density at radius 3 is 2.62 bits per heavy atom. The van der Waals surface area contributed by atoms with Gasteiger partial charge in [-0.05, 0) is 37.6 Å². The molecule has 0 heterocycles. The Morgan fingerprint density at radius 1 is 1.44 bits per heavy atom. The summed E-state index contributed by atoms with van der Waals surface area (Å²) in [4.78, 5) is 12.5. The molecule has 0 radical (unpaired) electrons. The summed E-state index contributed by atoms with van der Waals surface area (Å²) in [5.74, 6) is -0.165. The highest BCUT2D eigenvalue weighted by molar-refractivity contribution is 8.00. The van der Waals surface area contributed by atoms with Crippen LogP contribution in [0.4, 0.5) is 0 Å². The molecule has 0 aromatic heterocycles. The minimum atomic E-state index is -0.187. The Balaban J connectivity index is 2.47. The molecule has 0 saturated heterocycles. The second kappa shape index (κ2) is 6.81. The molecule has 0 aliphatic rings. The molecule has 1 rings (SSSR count). The topological polar surface area (TPSA) is 26.3 Å². The Morgan fingerprint density at radius 2 is 2.06 bits per heavy atom. The van der Waals surface area contributed by atoms with Crippen LogP contribution in [-0.4, -0.2) is 17.8 Å². The number of esters is 1. The first-order chi connectivity index (χ1) is 7.63. The third-order valence-corrected chi connectivity index (χ3v) is 3.25. The quantitative estimate of drug-likeness (QED) is 0.594. The number of carbonyl (C=O) groups excluding carboxylic acids is 1. The monoisotopic (exact) mass is 258 g/mol. The highest BCUT2D eigenvalue weighted by atomic mass is 35.5. The van der Waals surface area contributed by atoms with Crippen molar-refractivity contribution in [3.63, 3.8) is 0 Å². The SMILES string of the molecule is CCCOC(=O)C(C)Sc1ccc(Cl)cc1. The summed E-state index contributed by atoms with van der Waals surface area (Å²) in [6.45, 7) is 4.31. The summed E-state index contributed by atoms with van der Waals surface area (Å²) in [6.07, 6.45) is 0.851. The van der Waals surface area contributed by atoms with Gasteiger partial charge in [0.2, 0.25) is 0 Å². The number of carbonyl (C=O) groups is 1. The van der Waals surface area contributed by atoms with Crippen molar-refractivity contribution in [3.8, 4) is 0 Å². The molecule has 0 aliphatic heterocycles. The third-order valence-electron chi connectivity index (χ3n) is 1.91. The van der Waals surface area contributed by atoms with Crippen molar-refractivity contribution in [2.24, 2.45) is 0 Å². The van der Waals surface area contributed by atoms with Crippen molar-refractivity contribution < 1.29 is 9.53 Å². The predicted molar refractivity (Wildman–Crippen MR) is 68.0 cm³/mol. The second-order valence-electron chi connectivity index (χ2n) is 3.38. The number of ether oxygens (including phenoxy) is 1. The number of benzene rings is 1. The van der Waals surface area contributed by atoms with E-state index in [2.05, 4.69) is 0 Å². The van der Waals surface area contributed by atoms with Gasteiger partial charge in [0, 0.05) is 9.92 Å². The lowest BCUT2D eigenvalue weighted by Gasteiger charge is -2.10. The van der Waals surface area contributed by atoms with E-state index in [9.17, 15) is 4.79 Å². The van der Waals surface area contributed by atoms with Crippen LogP contribution >= 0.6 is 23.4 Å². The van der Waals surface area contributed by atoms with Gasteiger partial charge in [0.25, 0.3) is 0 Å². The lowest BCUT2D eigenvalue weighted by molar-refractivity contribution is -0.142. The first-order valence-corrected chi connectivity index (χ1v) is 6.48. The molecule has 0 bridgehead atoms. The van der Waals surface area contributed by atoms with Crippen LogP contribution in [0.15, 0.2) is 29.2 Å². The van der Waals surface area contributed by atoms with Crippen molar-refractivity contribution in [2.75, 3.05) is 6.61 Å². The summed E-state index contributed by atoms with van der Waals surface area (Å²) in [6, 6.07) is 7.43. The van der Waals surface area contributed by atoms with Crippen LogP contribution in [0, 0.1) is 0 Å². The zero-order valence-electron chi connectivity index (χ0n) is 9.40. The molecular weight excluding hydrogens is 244 g/mol. The lowest BCUT2D eigenvalue weighted by atomic mass is 10.4. The van der Waals surface area contributed by atoms with Gasteiger partial charge in [-0.25, -0.2) is 0 Å². The van der Waals surface area contributed by atoms with E-state index in [4.69, 9.17) is 16.3 Å². The van der Waals surface area contributed by atoms with E-state index in [0.29, 0.717) is 11.6 Å². The Kier molecular flexibility index (Phi) is 5.71. The summed E-state index contributed by atoms with van der Waals surface area (Å²) in [5, 5.41) is 0.512. The fourth-order valence-corrected chi connectivity index (χ4v) is 2.08. The largest absolute Gasteiger partial charge is 0.465 e. The van der Waals surface area contributed by atoms with E-state index >= 15 is 0 Å². The van der Waals surface area contributed by atoms with Crippen LogP contribution < -0.4 is 0 Å². The third kappa shape index (κ3) is 4.45. The number of rotatable bonds is 5. The van der Waals surface area contributed by atoms with Gasteiger partial charge in [-0.3, -0.25) is 4.79 Å². The lowest BCUT2D eigenvalue weighted by Crippen LogP contribution is -2.17. The van der Waals surface area contributed by atoms with Crippen LogP contribution in [0.5, 0.6) is 0 Å². The molecule has 0 fully saturated rings. The molecule has 1 aromatic carbocycles. The Hall–Kier alpha value is -0.670. The average Bonchev–Trinajstić information content (AvgIpc) is 2.29. The number of hydrogen-bond acceptors (Lipinski definition) is 3. The fourth-order valence-electron chi connectivity index (χ4n) is 1.09. The van der Waals surface area contributed by atoms with Crippen molar-refractivity contribution in [1.29, 1.82) is 0 Å². The van der Waals surface area contributed by atoms with Crippen LogP contribution in [-0.2, 0) is 9.53 Å². The summed E-state index contributed by atoms with van der Waals surface area (Å²) in [5.41, 5.74) is 0. The molecule has 0 amide bonds. The maximum atomic E-state index is 11.5. The van der Waals surface area contributed by atoms with Gasteiger partial charge in [0.1, 0.15) is 5.25 Å². The van der Waals surface area contributed by atoms with Crippen molar-refractivity contribution in [1.82, 2.24) is 0 Å². The number of halogens is 1. The van der Waals surface area contributed by atoms with Gasteiger partial charge >= 0.3 is 5.97 Å². The molecule has 1 unspecified atom stereocenters. The zero-order chi connectivity index (χ0) is 12.0. The van der Waals surface area contributed by atoms with E-state index in [-0.39, 0.29) is 11.2 Å². The minimum Gasteiger partial charge on any atom is -0.465 e. The van der Waals surface area contributed by atoms with Crippen molar-refractivity contribution >= 4 is 29.3 Å². The standard InChI is InChI=1S/C12H15ClO2S/c1-3-8-15-12(14)9(2)16-11-6-4-10(13)5-7-11/h4-7,9H,3,8H2,1-2H3. The van der Waals surface area contributed by atoms with E-state index in [0.717, 1.165) is 11.3 Å². The molecule has 0 N–H and O–H groups in total. The summed E-state index contributed by atoms with van der Waals surface area (Å²) >= 11 is 7.26. The Labute approximate surface area is 105 Å². The fraction of sp³-hybridized carbons (Fsp3) is 0.417. The van der Waals surface area contributed by atoms with Crippen LogP contribution in [0.2, 0.25) is 5.02 Å². The number of hydrogen-bond donors (Lipinski definition) is 0. The molecule has 4 heteroatoms.